The molecule has 0 saturated carbocycles. The zero-order valence-electron chi connectivity index (χ0n) is 13.1. The van der Waals surface area contributed by atoms with Gasteiger partial charge in [-0.05, 0) is 50.6 Å². The lowest BCUT2D eigenvalue weighted by atomic mass is 9.85. The van der Waals surface area contributed by atoms with Gasteiger partial charge in [0.25, 0.3) is 0 Å². The summed E-state index contributed by atoms with van der Waals surface area (Å²) in [5.41, 5.74) is 3.19. The van der Waals surface area contributed by atoms with Gasteiger partial charge in [0.1, 0.15) is 0 Å². The number of anilines is 1. The van der Waals surface area contributed by atoms with Crippen LogP contribution in [0.5, 0.6) is 0 Å². The van der Waals surface area contributed by atoms with Gasteiger partial charge in [-0.15, -0.1) is 0 Å². The second kappa shape index (κ2) is 5.85. The minimum Gasteiger partial charge on any atom is -0.369 e. The van der Waals surface area contributed by atoms with E-state index in [0.29, 0.717) is 0 Å². The van der Waals surface area contributed by atoms with E-state index in [4.69, 9.17) is 0 Å². The Morgan fingerprint density at radius 1 is 1.15 bits per heavy atom. The summed E-state index contributed by atoms with van der Waals surface area (Å²) in [4.78, 5) is 4.92. The average Bonchev–Trinajstić information content (AvgIpc) is 2.46. The molecule has 1 aliphatic rings. The molecule has 0 aromatic heterocycles. The fourth-order valence-electron chi connectivity index (χ4n) is 2.69. The van der Waals surface area contributed by atoms with Crippen molar-refractivity contribution in [2.24, 2.45) is 0 Å². The lowest BCUT2D eigenvalue weighted by Gasteiger charge is -2.36. The van der Waals surface area contributed by atoms with Crippen LogP contribution in [0.25, 0.3) is 0 Å². The molecule has 0 spiro atoms. The maximum absolute atomic E-state index is 9.34. The van der Waals surface area contributed by atoms with Gasteiger partial charge >= 0.3 is 0 Å². The highest BCUT2D eigenvalue weighted by atomic mass is 15.3. The maximum Gasteiger partial charge on any atom is 0.0767 e. The molecule has 108 valence electrons. The summed E-state index contributed by atoms with van der Waals surface area (Å²) in [5, 5.41) is 9.34. The summed E-state index contributed by atoms with van der Waals surface area (Å²) < 4.78 is 0. The van der Waals surface area contributed by atoms with E-state index in [-0.39, 0.29) is 0 Å². The van der Waals surface area contributed by atoms with E-state index in [1.54, 1.807) is 0 Å². The first kappa shape index (κ1) is 14.9. The lowest BCUT2D eigenvalue weighted by Crippen LogP contribution is -2.46. The van der Waals surface area contributed by atoms with Crippen LogP contribution in [0.1, 0.15) is 31.9 Å². The number of nitrogens with zero attached hydrogens (tertiary/aromatic N) is 3. The second-order valence-electron chi connectivity index (χ2n) is 6.22. The largest absolute Gasteiger partial charge is 0.369 e. The van der Waals surface area contributed by atoms with Crippen LogP contribution in [-0.2, 0) is 5.41 Å². The Kier molecular flexibility index (Phi) is 4.35. The molecule has 0 atom stereocenters. The van der Waals surface area contributed by atoms with E-state index in [1.807, 2.05) is 13.8 Å². The zero-order valence-corrected chi connectivity index (χ0v) is 13.1. The molecule has 1 heterocycles. The van der Waals surface area contributed by atoms with Gasteiger partial charge in [0, 0.05) is 31.9 Å². The van der Waals surface area contributed by atoms with Gasteiger partial charge in [0.05, 0.1) is 11.5 Å². The van der Waals surface area contributed by atoms with Crippen molar-refractivity contribution < 1.29 is 0 Å². The van der Waals surface area contributed by atoms with E-state index in [9.17, 15) is 5.26 Å². The van der Waals surface area contributed by atoms with Crippen molar-refractivity contribution in [3.63, 3.8) is 0 Å². The number of aryl methyl sites for hydroxylation is 1. The summed E-state index contributed by atoms with van der Waals surface area (Å²) in [6.45, 7) is 13.8. The number of nitriles is 1. The SMILES string of the molecule is CCN1CCN(c2cc(C)cc(C(C)(C)C#N)c2)CC1. The molecule has 0 amide bonds. The Balaban J connectivity index is 2.23. The summed E-state index contributed by atoms with van der Waals surface area (Å²) in [5.74, 6) is 0. The molecule has 1 aromatic carbocycles. The third-order valence-corrected chi connectivity index (χ3v) is 4.25. The van der Waals surface area contributed by atoms with Gasteiger partial charge in [-0.3, -0.25) is 0 Å². The van der Waals surface area contributed by atoms with E-state index in [1.165, 1.54) is 11.3 Å². The number of hydrogen-bond acceptors (Lipinski definition) is 3. The van der Waals surface area contributed by atoms with E-state index in [0.717, 1.165) is 38.3 Å². The van der Waals surface area contributed by atoms with Crippen molar-refractivity contribution >= 4 is 5.69 Å². The molecule has 1 saturated heterocycles. The first-order valence-corrected chi connectivity index (χ1v) is 7.47. The van der Waals surface area contributed by atoms with Gasteiger partial charge in [0.15, 0.2) is 0 Å². The molecule has 0 N–H and O–H groups in total. The first-order valence-electron chi connectivity index (χ1n) is 7.47. The maximum atomic E-state index is 9.34. The van der Waals surface area contributed by atoms with Crippen LogP contribution in [0.2, 0.25) is 0 Å². The van der Waals surface area contributed by atoms with E-state index >= 15 is 0 Å². The molecule has 1 aromatic rings. The summed E-state index contributed by atoms with van der Waals surface area (Å²) in [6, 6.07) is 8.97. The van der Waals surface area contributed by atoms with E-state index in [2.05, 4.69) is 47.9 Å². The zero-order chi connectivity index (χ0) is 14.8. The summed E-state index contributed by atoms with van der Waals surface area (Å²) >= 11 is 0. The molecule has 1 aliphatic heterocycles. The van der Waals surface area contributed by atoms with Gasteiger partial charge in [-0.25, -0.2) is 0 Å². The number of piperazine rings is 1. The van der Waals surface area contributed by atoms with Crippen LogP contribution in [0.3, 0.4) is 0 Å². The van der Waals surface area contributed by atoms with Crippen molar-refractivity contribution in [3.05, 3.63) is 29.3 Å². The molecule has 0 bridgehead atoms. The molecule has 2 rings (SSSR count). The van der Waals surface area contributed by atoms with Crippen LogP contribution < -0.4 is 4.90 Å². The van der Waals surface area contributed by atoms with Crippen molar-refractivity contribution in [1.29, 1.82) is 5.26 Å². The van der Waals surface area contributed by atoms with Crippen LogP contribution >= 0.6 is 0 Å². The molecular formula is C17H25N3. The molecular weight excluding hydrogens is 246 g/mol. The Labute approximate surface area is 122 Å². The Morgan fingerprint density at radius 3 is 2.35 bits per heavy atom. The minimum atomic E-state index is -0.425. The fraction of sp³-hybridized carbons (Fsp3) is 0.588. The fourth-order valence-corrected chi connectivity index (χ4v) is 2.69. The van der Waals surface area contributed by atoms with Crippen LogP contribution in [0.15, 0.2) is 18.2 Å². The van der Waals surface area contributed by atoms with Gasteiger partial charge in [-0.2, -0.15) is 5.26 Å². The Bertz CT molecular complexity index is 505. The lowest BCUT2D eigenvalue weighted by molar-refractivity contribution is 0.271. The summed E-state index contributed by atoms with van der Waals surface area (Å²) in [6.07, 6.45) is 0. The second-order valence-corrected chi connectivity index (χ2v) is 6.22. The van der Waals surface area contributed by atoms with E-state index < -0.39 is 5.41 Å². The van der Waals surface area contributed by atoms with Crippen LogP contribution in [0.4, 0.5) is 5.69 Å². The van der Waals surface area contributed by atoms with Crippen molar-refractivity contribution in [2.75, 3.05) is 37.6 Å². The highest BCUT2D eigenvalue weighted by Crippen LogP contribution is 2.28. The Hall–Kier alpha value is -1.53. The predicted octanol–water partition coefficient (Wildman–Crippen LogP) is 2.94. The number of likely N-dealkylation sites (N-methyl/N-ethyl adjacent to an activating group) is 1. The number of rotatable bonds is 3. The van der Waals surface area contributed by atoms with Crippen molar-refractivity contribution in [2.45, 2.75) is 33.1 Å². The monoisotopic (exact) mass is 271 g/mol. The first-order chi connectivity index (χ1) is 9.46. The smallest absolute Gasteiger partial charge is 0.0767 e. The molecule has 0 aliphatic carbocycles. The van der Waals surface area contributed by atoms with Crippen molar-refractivity contribution in [3.8, 4) is 6.07 Å². The van der Waals surface area contributed by atoms with Crippen LogP contribution in [-0.4, -0.2) is 37.6 Å². The standard InChI is InChI=1S/C17H25N3/c1-5-19-6-8-20(9-7-19)16-11-14(2)10-15(12-16)17(3,4)13-18/h10-12H,5-9H2,1-4H3. The van der Waals surface area contributed by atoms with Gasteiger partial charge < -0.3 is 9.80 Å². The van der Waals surface area contributed by atoms with Gasteiger partial charge in [0.2, 0.25) is 0 Å². The topological polar surface area (TPSA) is 30.3 Å². The van der Waals surface area contributed by atoms with Gasteiger partial charge in [-0.1, -0.05) is 13.0 Å². The molecule has 20 heavy (non-hydrogen) atoms. The molecule has 1 fully saturated rings. The van der Waals surface area contributed by atoms with Crippen LogP contribution in [0, 0.1) is 18.3 Å². The third-order valence-electron chi connectivity index (χ3n) is 4.25. The minimum absolute atomic E-state index is 0.425. The summed E-state index contributed by atoms with van der Waals surface area (Å²) in [7, 11) is 0. The normalized spacial score (nSPS) is 17.1. The number of benzene rings is 1. The molecule has 0 radical (unpaired) electrons. The third kappa shape index (κ3) is 3.13. The highest BCUT2D eigenvalue weighted by Gasteiger charge is 2.22. The predicted molar refractivity (Wildman–Crippen MR) is 84.1 cm³/mol. The Morgan fingerprint density at radius 2 is 1.80 bits per heavy atom. The number of hydrogen-bond donors (Lipinski definition) is 0. The highest BCUT2D eigenvalue weighted by molar-refractivity contribution is 5.54. The molecule has 3 nitrogen and oxygen atoms in total. The molecule has 3 heteroatoms. The van der Waals surface area contributed by atoms with Crippen molar-refractivity contribution in [1.82, 2.24) is 4.90 Å². The molecule has 0 unspecified atom stereocenters. The average molecular weight is 271 g/mol. The quantitative estimate of drug-likeness (QED) is 0.846.